The maximum atomic E-state index is 3.31. The topological polar surface area (TPSA) is 27.8 Å². The average molecular weight is 122 g/mol. The van der Waals surface area contributed by atoms with Gasteiger partial charge in [-0.15, -0.1) is 0 Å². The first-order valence-electron chi connectivity index (χ1n) is 3.32. The second-order valence-electron chi connectivity index (χ2n) is 2.43. The van der Waals surface area contributed by atoms with Crippen LogP contribution in [0, 0.1) is 0 Å². The standard InChI is InChI=1S/C7H10N2/c1-2-8-4-7-5-9-3-6(1)7/h3,5,8-9H,1-2,4H2. The molecular formula is C7H10N2. The summed E-state index contributed by atoms with van der Waals surface area (Å²) in [4.78, 5) is 3.10. The third-order valence-corrected chi connectivity index (χ3v) is 1.81. The van der Waals surface area contributed by atoms with E-state index >= 15 is 0 Å². The molecule has 1 aromatic rings. The Labute approximate surface area is 54.3 Å². The lowest BCUT2D eigenvalue weighted by molar-refractivity contribution is 0.647. The molecule has 0 saturated carbocycles. The fourth-order valence-corrected chi connectivity index (χ4v) is 1.27. The van der Waals surface area contributed by atoms with Gasteiger partial charge < -0.3 is 10.3 Å². The number of aromatic amines is 1. The van der Waals surface area contributed by atoms with Crippen molar-refractivity contribution in [3.8, 4) is 0 Å². The molecule has 0 aliphatic carbocycles. The molecule has 0 radical (unpaired) electrons. The van der Waals surface area contributed by atoms with Crippen molar-refractivity contribution in [2.45, 2.75) is 13.0 Å². The number of H-pyrrole nitrogens is 1. The molecule has 1 aliphatic rings. The van der Waals surface area contributed by atoms with Crippen molar-refractivity contribution in [3.63, 3.8) is 0 Å². The highest BCUT2D eigenvalue weighted by atomic mass is 14.9. The van der Waals surface area contributed by atoms with E-state index in [1.54, 1.807) is 0 Å². The zero-order valence-electron chi connectivity index (χ0n) is 5.28. The molecule has 2 nitrogen and oxygen atoms in total. The molecule has 2 heterocycles. The maximum Gasteiger partial charge on any atom is 0.0223 e. The summed E-state index contributed by atoms with van der Waals surface area (Å²) in [5, 5.41) is 3.31. The van der Waals surface area contributed by atoms with E-state index in [4.69, 9.17) is 0 Å². The number of aromatic nitrogens is 1. The highest BCUT2D eigenvalue weighted by Gasteiger charge is 2.06. The van der Waals surface area contributed by atoms with E-state index in [1.165, 1.54) is 17.5 Å². The lowest BCUT2D eigenvalue weighted by Gasteiger charge is -2.10. The summed E-state index contributed by atoms with van der Waals surface area (Å²) in [5.41, 5.74) is 2.91. The summed E-state index contributed by atoms with van der Waals surface area (Å²) in [5.74, 6) is 0. The maximum absolute atomic E-state index is 3.31. The Morgan fingerprint density at radius 2 is 2.11 bits per heavy atom. The van der Waals surface area contributed by atoms with Crippen molar-refractivity contribution in [3.05, 3.63) is 23.5 Å². The van der Waals surface area contributed by atoms with E-state index in [2.05, 4.69) is 22.7 Å². The van der Waals surface area contributed by atoms with Crippen molar-refractivity contribution >= 4 is 0 Å². The summed E-state index contributed by atoms with van der Waals surface area (Å²) in [7, 11) is 0. The molecule has 0 saturated heterocycles. The second-order valence-corrected chi connectivity index (χ2v) is 2.43. The van der Waals surface area contributed by atoms with Gasteiger partial charge in [0.25, 0.3) is 0 Å². The quantitative estimate of drug-likeness (QED) is 0.520. The molecule has 0 atom stereocenters. The van der Waals surface area contributed by atoms with Gasteiger partial charge in [0.15, 0.2) is 0 Å². The van der Waals surface area contributed by atoms with Gasteiger partial charge in [0, 0.05) is 18.9 Å². The molecule has 1 aliphatic heterocycles. The Bertz CT molecular complexity index is 182. The molecular weight excluding hydrogens is 112 g/mol. The number of rotatable bonds is 0. The van der Waals surface area contributed by atoms with Crippen LogP contribution in [-0.2, 0) is 13.0 Å². The van der Waals surface area contributed by atoms with Crippen LogP contribution in [0.2, 0.25) is 0 Å². The highest BCUT2D eigenvalue weighted by molar-refractivity contribution is 5.25. The average Bonchev–Trinajstić information content (AvgIpc) is 2.33. The number of hydrogen-bond donors (Lipinski definition) is 2. The van der Waals surface area contributed by atoms with Crippen LogP contribution in [0.4, 0.5) is 0 Å². The van der Waals surface area contributed by atoms with Crippen molar-refractivity contribution in [1.29, 1.82) is 0 Å². The summed E-state index contributed by atoms with van der Waals surface area (Å²) < 4.78 is 0. The smallest absolute Gasteiger partial charge is 0.0223 e. The van der Waals surface area contributed by atoms with Gasteiger partial charge in [-0.3, -0.25) is 0 Å². The van der Waals surface area contributed by atoms with E-state index in [9.17, 15) is 0 Å². The Morgan fingerprint density at radius 3 is 3.00 bits per heavy atom. The van der Waals surface area contributed by atoms with Crippen LogP contribution >= 0.6 is 0 Å². The monoisotopic (exact) mass is 122 g/mol. The molecule has 0 aromatic carbocycles. The zero-order chi connectivity index (χ0) is 6.10. The summed E-state index contributed by atoms with van der Waals surface area (Å²) in [6.45, 7) is 2.17. The van der Waals surface area contributed by atoms with Crippen LogP contribution in [0.25, 0.3) is 0 Å². The lowest BCUT2D eigenvalue weighted by Crippen LogP contribution is -2.22. The van der Waals surface area contributed by atoms with Gasteiger partial charge in [-0.1, -0.05) is 0 Å². The first-order chi connectivity index (χ1) is 4.47. The van der Waals surface area contributed by atoms with Gasteiger partial charge in [-0.25, -0.2) is 0 Å². The Morgan fingerprint density at radius 1 is 1.22 bits per heavy atom. The van der Waals surface area contributed by atoms with Gasteiger partial charge in [0.2, 0.25) is 0 Å². The van der Waals surface area contributed by atoms with Crippen molar-refractivity contribution in [2.24, 2.45) is 0 Å². The lowest BCUT2D eigenvalue weighted by atomic mass is 10.1. The van der Waals surface area contributed by atoms with Crippen LogP contribution in [-0.4, -0.2) is 11.5 Å². The molecule has 0 bridgehead atoms. The van der Waals surface area contributed by atoms with E-state index in [1.807, 2.05) is 0 Å². The van der Waals surface area contributed by atoms with Crippen LogP contribution in [0.1, 0.15) is 11.1 Å². The van der Waals surface area contributed by atoms with Crippen LogP contribution in [0.5, 0.6) is 0 Å². The van der Waals surface area contributed by atoms with Crippen molar-refractivity contribution < 1.29 is 0 Å². The largest absolute Gasteiger partial charge is 0.367 e. The Hall–Kier alpha value is -0.760. The first-order valence-corrected chi connectivity index (χ1v) is 3.32. The van der Waals surface area contributed by atoms with E-state index in [-0.39, 0.29) is 0 Å². The van der Waals surface area contributed by atoms with E-state index in [0.717, 1.165) is 13.1 Å². The van der Waals surface area contributed by atoms with Gasteiger partial charge >= 0.3 is 0 Å². The van der Waals surface area contributed by atoms with Crippen molar-refractivity contribution in [2.75, 3.05) is 6.54 Å². The van der Waals surface area contributed by atoms with Gasteiger partial charge in [0.05, 0.1) is 0 Å². The number of hydrogen-bond acceptors (Lipinski definition) is 1. The second kappa shape index (κ2) is 1.88. The van der Waals surface area contributed by atoms with Crippen LogP contribution in [0.15, 0.2) is 12.4 Å². The number of fused-ring (bicyclic) bond motifs is 1. The number of nitrogens with one attached hydrogen (secondary N) is 2. The van der Waals surface area contributed by atoms with Gasteiger partial charge in [-0.05, 0) is 24.1 Å². The molecule has 0 unspecified atom stereocenters. The summed E-state index contributed by atoms with van der Waals surface area (Å²) in [6, 6.07) is 0. The molecule has 0 spiro atoms. The minimum absolute atomic E-state index is 1.04. The predicted octanol–water partition coefficient (Wildman–Crippen LogP) is 0.660. The Kier molecular flexibility index (Phi) is 1.06. The molecule has 9 heavy (non-hydrogen) atoms. The summed E-state index contributed by atoms with van der Waals surface area (Å²) >= 11 is 0. The van der Waals surface area contributed by atoms with E-state index < -0.39 is 0 Å². The van der Waals surface area contributed by atoms with Crippen molar-refractivity contribution in [1.82, 2.24) is 10.3 Å². The summed E-state index contributed by atoms with van der Waals surface area (Å²) in [6.07, 6.45) is 5.34. The third kappa shape index (κ3) is 0.754. The normalized spacial score (nSPS) is 17.3. The first kappa shape index (κ1) is 5.06. The zero-order valence-corrected chi connectivity index (χ0v) is 5.28. The Balaban J connectivity index is 2.39. The highest BCUT2D eigenvalue weighted by Crippen LogP contribution is 2.10. The molecule has 2 N–H and O–H groups in total. The molecule has 48 valence electrons. The molecule has 2 rings (SSSR count). The third-order valence-electron chi connectivity index (χ3n) is 1.81. The minimum Gasteiger partial charge on any atom is -0.367 e. The molecule has 0 fully saturated rings. The fourth-order valence-electron chi connectivity index (χ4n) is 1.27. The van der Waals surface area contributed by atoms with Crippen LogP contribution in [0.3, 0.4) is 0 Å². The van der Waals surface area contributed by atoms with E-state index in [0.29, 0.717) is 0 Å². The molecule has 2 heteroatoms. The van der Waals surface area contributed by atoms with Gasteiger partial charge in [0.1, 0.15) is 0 Å². The van der Waals surface area contributed by atoms with Crippen LogP contribution < -0.4 is 5.32 Å². The minimum atomic E-state index is 1.04. The molecule has 1 aromatic heterocycles. The SMILES string of the molecule is c1[nH]cc2c1CCNC2. The molecule has 0 amide bonds. The van der Waals surface area contributed by atoms with Gasteiger partial charge in [-0.2, -0.15) is 0 Å². The predicted molar refractivity (Wildman–Crippen MR) is 36.2 cm³/mol. The fraction of sp³-hybridized carbons (Fsp3) is 0.429.